The molecule has 0 aromatic carbocycles. The second-order valence-corrected chi connectivity index (χ2v) is 5.61. The van der Waals surface area contributed by atoms with Gasteiger partial charge in [0.05, 0.1) is 5.41 Å². The molecule has 5 heteroatoms. The van der Waals surface area contributed by atoms with Gasteiger partial charge in [0.15, 0.2) is 0 Å². The number of aryl methyl sites for hydroxylation is 1. The van der Waals surface area contributed by atoms with Crippen molar-refractivity contribution in [2.75, 3.05) is 0 Å². The molecule has 0 saturated heterocycles. The Balaban J connectivity index is 2.34. The summed E-state index contributed by atoms with van der Waals surface area (Å²) >= 11 is 1.47. The van der Waals surface area contributed by atoms with Gasteiger partial charge in [-0.05, 0) is 13.8 Å². The van der Waals surface area contributed by atoms with Gasteiger partial charge in [-0.1, -0.05) is 30.4 Å². The third-order valence-electron chi connectivity index (χ3n) is 2.81. The molecule has 0 fully saturated rings. The summed E-state index contributed by atoms with van der Waals surface area (Å²) in [7, 11) is 0. The Morgan fingerprint density at radius 2 is 2.00 bits per heavy atom. The van der Waals surface area contributed by atoms with Crippen molar-refractivity contribution in [1.82, 2.24) is 4.98 Å². The zero-order chi connectivity index (χ0) is 13.4. The summed E-state index contributed by atoms with van der Waals surface area (Å²) in [6.07, 6.45) is 4.36. The number of aromatic nitrogens is 1. The second-order valence-electron chi connectivity index (χ2n) is 4.37. The minimum atomic E-state index is -4.29. The molecule has 18 heavy (non-hydrogen) atoms. The van der Waals surface area contributed by atoms with Gasteiger partial charge >= 0.3 is 6.18 Å². The van der Waals surface area contributed by atoms with Crippen molar-refractivity contribution < 1.29 is 13.2 Å². The van der Waals surface area contributed by atoms with Crippen LogP contribution in [0.2, 0.25) is 0 Å². The molecule has 2 rings (SSSR count). The van der Waals surface area contributed by atoms with E-state index in [9.17, 15) is 13.2 Å². The summed E-state index contributed by atoms with van der Waals surface area (Å²) < 4.78 is 38.7. The summed E-state index contributed by atoms with van der Waals surface area (Å²) in [5, 5.41) is 0.736. The molecule has 96 valence electrons. The predicted molar refractivity (Wildman–Crippen MR) is 67.3 cm³/mol. The number of rotatable bonds is 1. The molecule has 1 aromatic rings. The van der Waals surface area contributed by atoms with Crippen LogP contribution in [-0.2, 0) is 0 Å². The Morgan fingerprint density at radius 1 is 1.28 bits per heavy atom. The van der Waals surface area contributed by atoms with E-state index < -0.39 is 11.6 Å². The minimum absolute atomic E-state index is 0.706. The standard InChI is InChI=1S/C13H12F3NS/c1-9-8-17-11(18-9)10-4-3-6-12(2,7-5-10)13(14,15)16/h3-8H,1-2H3. The van der Waals surface area contributed by atoms with Crippen molar-refractivity contribution in [2.24, 2.45) is 5.41 Å². The van der Waals surface area contributed by atoms with Crippen LogP contribution in [0.3, 0.4) is 0 Å². The highest BCUT2D eigenvalue weighted by molar-refractivity contribution is 7.12. The first kappa shape index (κ1) is 13.1. The van der Waals surface area contributed by atoms with Gasteiger partial charge in [-0.25, -0.2) is 4.98 Å². The summed E-state index contributed by atoms with van der Waals surface area (Å²) in [4.78, 5) is 5.21. The molecule has 0 saturated carbocycles. The lowest BCUT2D eigenvalue weighted by Crippen LogP contribution is -2.30. The number of nitrogens with zero attached hydrogens (tertiary/aromatic N) is 1. The Kier molecular flexibility index (Phi) is 3.19. The van der Waals surface area contributed by atoms with Crippen LogP contribution >= 0.6 is 11.3 Å². The summed E-state index contributed by atoms with van der Waals surface area (Å²) in [5.74, 6) is 0. The van der Waals surface area contributed by atoms with E-state index in [-0.39, 0.29) is 0 Å². The average molecular weight is 271 g/mol. The number of allylic oxidation sites excluding steroid dienone is 6. The fourth-order valence-electron chi connectivity index (χ4n) is 1.55. The van der Waals surface area contributed by atoms with Crippen molar-refractivity contribution in [3.05, 3.63) is 46.5 Å². The van der Waals surface area contributed by atoms with Crippen LogP contribution in [0.1, 0.15) is 16.8 Å². The van der Waals surface area contributed by atoms with E-state index in [4.69, 9.17) is 0 Å². The lowest BCUT2D eigenvalue weighted by Gasteiger charge is -2.24. The molecule has 1 aromatic heterocycles. The summed E-state index contributed by atoms with van der Waals surface area (Å²) in [5.41, 5.74) is -1.21. The number of halogens is 3. The molecule has 0 amide bonds. The molecule has 1 aliphatic rings. The fraction of sp³-hybridized carbons (Fsp3) is 0.308. The molecule has 0 bridgehead atoms. The van der Waals surface area contributed by atoms with Gasteiger partial charge in [0.2, 0.25) is 0 Å². The molecule has 0 radical (unpaired) electrons. The quantitative estimate of drug-likeness (QED) is 0.731. The van der Waals surface area contributed by atoms with Crippen LogP contribution in [0, 0.1) is 12.3 Å². The van der Waals surface area contributed by atoms with Crippen LogP contribution in [0.5, 0.6) is 0 Å². The van der Waals surface area contributed by atoms with Crippen molar-refractivity contribution in [1.29, 1.82) is 0 Å². The largest absolute Gasteiger partial charge is 0.400 e. The number of hydrogen-bond donors (Lipinski definition) is 0. The highest BCUT2D eigenvalue weighted by Gasteiger charge is 2.47. The van der Waals surface area contributed by atoms with Gasteiger partial charge in [0.25, 0.3) is 0 Å². The maximum Gasteiger partial charge on any atom is 0.400 e. The van der Waals surface area contributed by atoms with Crippen molar-refractivity contribution in [3.8, 4) is 0 Å². The fourth-order valence-corrected chi connectivity index (χ4v) is 2.32. The Hall–Kier alpha value is -1.36. The predicted octanol–water partition coefficient (Wildman–Crippen LogP) is 4.53. The Morgan fingerprint density at radius 3 is 2.56 bits per heavy atom. The van der Waals surface area contributed by atoms with E-state index in [1.165, 1.54) is 29.6 Å². The van der Waals surface area contributed by atoms with Gasteiger partial charge in [-0.15, -0.1) is 11.3 Å². The molecule has 1 heterocycles. The first-order valence-corrected chi connectivity index (χ1v) is 6.22. The number of hydrogen-bond acceptors (Lipinski definition) is 2. The smallest absolute Gasteiger partial charge is 0.244 e. The minimum Gasteiger partial charge on any atom is -0.244 e. The van der Waals surface area contributed by atoms with Gasteiger partial charge in [-0.3, -0.25) is 0 Å². The third-order valence-corrected chi connectivity index (χ3v) is 3.77. The van der Waals surface area contributed by atoms with Crippen LogP contribution < -0.4 is 0 Å². The maximum absolute atomic E-state index is 12.9. The van der Waals surface area contributed by atoms with E-state index in [2.05, 4.69) is 4.98 Å². The van der Waals surface area contributed by atoms with Gasteiger partial charge < -0.3 is 0 Å². The Labute approximate surface area is 107 Å². The maximum atomic E-state index is 12.9. The van der Waals surface area contributed by atoms with E-state index in [0.29, 0.717) is 5.57 Å². The molecule has 1 atom stereocenters. The molecular weight excluding hydrogens is 259 g/mol. The first-order chi connectivity index (χ1) is 8.32. The van der Waals surface area contributed by atoms with Crippen molar-refractivity contribution in [2.45, 2.75) is 20.0 Å². The first-order valence-electron chi connectivity index (χ1n) is 5.40. The van der Waals surface area contributed by atoms with Gasteiger partial charge in [0, 0.05) is 16.6 Å². The molecule has 0 aliphatic heterocycles. The normalized spacial score (nSPS) is 23.9. The van der Waals surface area contributed by atoms with E-state index in [1.54, 1.807) is 12.3 Å². The lowest BCUT2D eigenvalue weighted by atomic mass is 9.89. The number of thiazole rings is 1. The molecule has 0 N–H and O–H groups in total. The van der Waals surface area contributed by atoms with Crippen LogP contribution in [0.4, 0.5) is 13.2 Å². The van der Waals surface area contributed by atoms with E-state index in [1.807, 2.05) is 6.92 Å². The van der Waals surface area contributed by atoms with E-state index >= 15 is 0 Å². The van der Waals surface area contributed by atoms with Crippen LogP contribution in [0.25, 0.3) is 5.57 Å². The highest BCUT2D eigenvalue weighted by atomic mass is 32.1. The van der Waals surface area contributed by atoms with Gasteiger partial charge in [0.1, 0.15) is 5.01 Å². The zero-order valence-electron chi connectivity index (χ0n) is 9.95. The summed E-state index contributed by atoms with van der Waals surface area (Å²) in [6.45, 7) is 3.07. The highest BCUT2D eigenvalue weighted by Crippen LogP contribution is 2.42. The Bertz CT molecular complexity index is 537. The number of alkyl halides is 3. The SMILES string of the molecule is Cc1cnc(C2=CC=CC(C)(C(F)(F)F)C=C2)s1. The van der Waals surface area contributed by atoms with Crippen LogP contribution in [-0.4, -0.2) is 11.2 Å². The topological polar surface area (TPSA) is 12.9 Å². The zero-order valence-corrected chi connectivity index (χ0v) is 10.8. The van der Waals surface area contributed by atoms with Gasteiger partial charge in [-0.2, -0.15) is 13.2 Å². The second kappa shape index (κ2) is 4.39. The third kappa shape index (κ3) is 2.41. The van der Waals surface area contributed by atoms with Crippen molar-refractivity contribution >= 4 is 16.9 Å². The molecule has 1 unspecified atom stereocenters. The van der Waals surface area contributed by atoms with E-state index in [0.717, 1.165) is 22.9 Å². The molecule has 1 nitrogen and oxygen atoms in total. The van der Waals surface area contributed by atoms with Crippen LogP contribution in [0.15, 0.2) is 36.6 Å². The molecule has 1 aliphatic carbocycles. The molecular formula is C13H12F3NS. The monoisotopic (exact) mass is 271 g/mol. The van der Waals surface area contributed by atoms with Crippen molar-refractivity contribution in [3.63, 3.8) is 0 Å². The molecule has 0 spiro atoms. The lowest BCUT2D eigenvalue weighted by molar-refractivity contribution is -0.183. The average Bonchev–Trinajstić information content (AvgIpc) is 2.57. The summed E-state index contributed by atoms with van der Waals surface area (Å²) in [6, 6.07) is 0.